The number of piperazine rings is 1. The molecule has 3 aromatic rings. The van der Waals surface area contributed by atoms with Crippen LogP contribution in [-0.4, -0.2) is 41.2 Å². The molecule has 1 unspecified atom stereocenters. The zero-order chi connectivity index (χ0) is 20.2. The van der Waals surface area contributed by atoms with Gasteiger partial charge in [0.2, 0.25) is 0 Å². The van der Waals surface area contributed by atoms with Crippen molar-refractivity contribution in [1.82, 2.24) is 4.90 Å². The first-order chi connectivity index (χ1) is 14.1. The number of anilines is 1. The Morgan fingerprint density at radius 1 is 0.966 bits per heavy atom. The molecule has 2 heterocycles. The first-order valence-electron chi connectivity index (χ1n) is 9.73. The molecule has 0 N–H and O–H groups in total. The van der Waals surface area contributed by atoms with E-state index in [4.69, 9.17) is 4.42 Å². The van der Waals surface area contributed by atoms with Crippen molar-refractivity contribution >= 4 is 22.4 Å². The first-order valence-corrected chi connectivity index (χ1v) is 11.0. The maximum absolute atomic E-state index is 12.8. The highest BCUT2D eigenvalue weighted by molar-refractivity contribution is 7.84. The van der Waals surface area contributed by atoms with Gasteiger partial charge in [-0.1, -0.05) is 30.3 Å². The third kappa shape index (κ3) is 4.59. The van der Waals surface area contributed by atoms with E-state index >= 15 is 0 Å². The topological polar surface area (TPSA) is 53.8 Å². The number of rotatable bonds is 5. The lowest BCUT2D eigenvalue weighted by atomic mass is 10.2. The number of para-hydroxylation sites is 1. The van der Waals surface area contributed by atoms with Gasteiger partial charge in [0.1, 0.15) is 5.76 Å². The van der Waals surface area contributed by atoms with E-state index < -0.39 is 10.8 Å². The number of carbonyl (C=O) groups excluding carboxylic acids is 1. The van der Waals surface area contributed by atoms with Crippen LogP contribution >= 0.6 is 0 Å². The zero-order valence-electron chi connectivity index (χ0n) is 16.4. The fourth-order valence-corrected chi connectivity index (χ4v) is 4.63. The van der Waals surface area contributed by atoms with E-state index in [0.717, 1.165) is 23.5 Å². The molecule has 4 rings (SSSR count). The second kappa shape index (κ2) is 8.66. The van der Waals surface area contributed by atoms with E-state index in [1.54, 1.807) is 12.1 Å². The molecule has 0 spiro atoms. The Labute approximate surface area is 173 Å². The van der Waals surface area contributed by atoms with Crippen molar-refractivity contribution in [2.24, 2.45) is 0 Å². The fraction of sp³-hybridized carbons (Fsp3) is 0.261. The van der Waals surface area contributed by atoms with Gasteiger partial charge in [0.05, 0.1) is 16.6 Å². The molecule has 1 amide bonds. The van der Waals surface area contributed by atoms with Crippen LogP contribution < -0.4 is 4.90 Å². The predicted octanol–water partition coefficient (Wildman–Crippen LogP) is 3.86. The largest absolute Gasteiger partial charge is 0.455 e. The molecule has 29 heavy (non-hydrogen) atoms. The molecule has 0 bridgehead atoms. The first kappa shape index (κ1) is 19.5. The lowest BCUT2D eigenvalue weighted by molar-refractivity contribution is 0.0713. The highest BCUT2D eigenvalue weighted by atomic mass is 32.2. The minimum atomic E-state index is -1.20. The van der Waals surface area contributed by atoms with E-state index in [0.29, 0.717) is 24.6 Å². The standard InChI is InChI=1S/C23H24N2O3S/c1-18-6-5-9-21(16-18)29(27)17-20-10-11-22(28-20)23(26)25-14-12-24(13-15-25)19-7-3-2-4-8-19/h2-11,16H,12-15,17H2,1H3. The summed E-state index contributed by atoms with van der Waals surface area (Å²) in [5.41, 5.74) is 2.25. The van der Waals surface area contributed by atoms with E-state index in [9.17, 15) is 9.00 Å². The Morgan fingerprint density at radius 3 is 2.45 bits per heavy atom. The molecule has 1 aliphatic heterocycles. The van der Waals surface area contributed by atoms with E-state index in [1.165, 1.54) is 5.69 Å². The number of amides is 1. The monoisotopic (exact) mass is 408 g/mol. The van der Waals surface area contributed by atoms with Crippen molar-refractivity contribution in [3.63, 3.8) is 0 Å². The van der Waals surface area contributed by atoms with Crippen LogP contribution in [0.15, 0.2) is 76.0 Å². The third-order valence-corrected chi connectivity index (χ3v) is 6.41. The Kier molecular flexibility index (Phi) is 5.81. The molecule has 0 aliphatic carbocycles. The number of nitrogens with zero attached hydrogens (tertiary/aromatic N) is 2. The van der Waals surface area contributed by atoms with Crippen LogP contribution in [0.2, 0.25) is 0 Å². The SMILES string of the molecule is Cc1cccc(S(=O)Cc2ccc(C(=O)N3CCN(c4ccccc4)CC3)o2)c1. The Balaban J connectivity index is 1.36. The Hall–Kier alpha value is -2.86. The molecule has 1 atom stereocenters. The maximum Gasteiger partial charge on any atom is 0.289 e. The molecular weight excluding hydrogens is 384 g/mol. The summed E-state index contributed by atoms with van der Waals surface area (Å²) in [6, 6.07) is 21.3. The van der Waals surface area contributed by atoms with Crippen LogP contribution in [-0.2, 0) is 16.6 Å². The van der Waals surface area contributed by atoms with Crippen molar-refractivity contribution in [1.29, 1.82) is 0 Å². The van der Waals surface area contributed by atoms with Crippen molar-refractivity contribution in [3.8, 4) is 0 Å². The number of furan rings is 1. The lowest BCUT2D eigenvalue weighted by Crippen LogP contribution is -2.48. The van der Waals surface area contributed by atoms with Gasteiger partial charge in [0.15, 0.2) is 5.76 Å². The quantitative estimate of drug-likeness (QED) is 0.643. The van der Waals surface area contributed by atoms with E-state index in [2.05, 4.69) is 17.0 Å². The van der Waals surface area contributed by atoms with Crippen LogP contribution in [0.1, 0.15) is 21.9 Å². The summed E-state index contributed by atoms with van der Waals surface area (Å²) < 4.78 is 18.3. The average molecular weight is 409 g/mol. The number of benzene rings is 2. The van der Waals surface area contributed by atoms with Gasteiger partial charge in [0.25, 0.3) is 5.91 Å². The molecular formula is C23H24N2O3S. The molecule has 1 saturated heterocycles. The zero-order valence-corrected chi connectivity index (χ0v) is 17.2. The van der Waals surface area contributed by atoms with E-state index in [1.807, 2.05) is 54.3 Å². The minimum Gasteiger partial charge on any atom is -0.455 e. The van der Waals surface area contributed by atoms with Gasteiger partial charge in [-0.05, 0) is 48.9 Å². The smallest absolute Gasteiger partial charge is 0.289 e. The van der Waals surface area contributed by atoms with Crippen LogP contribution in [0, 0.1) is 6.92 Å². The van der Waals surface area contributed by atoms with Crippen LogP contribution in [0.3, 0.4) is 0 Å². The second-order valence-electron chi connectivity index (χ2n) is 7.19. The summed E-state index contributed by atoms with van der Waals surface area (Å²) in [6.45, 7) is 4.86. The molecule has 1 aliphatic rings. The van der Waals surface area contributed by atoms with Crippen molar-refractivity contribution in [2.75, 3.05) is 31.1 Å². The number of hydrogen-bond acceptors (Lipinski definition) is 4. The second-order valence-corrected chi connectivity index (χ2v) is 8.64. The molecule has 6 heteroatoms. The van der Waals surface area contributed by atoms with E-state index in [-0.39, 0.29) is 11.7 Å². The highest BCUT2D eigenvalue weighted by Gasteiger charge is 2.24. The molecule has 2 aromatic carbocycles. The summed E-state index contributed by atoms with van der Waals surface area (Å²) in [5, 5.41) is 0. The van der Waals surface area contributed by atoms with Crippen LogP contribution in [0.25, 0.3) is 0 Å². The molecule has 5 nitrogen and oxygen atoms in total. The summed E-state index contributed by atoms with van der Waals surface area (Å²) in [6.07, 6.45) is 0. The summed E-state index contributed by atoms with van der Waals surface area (Å²) in [5.74, 6) is 1.04. The minimum absolute atomic E-state index is 0.106. The summed E-state index contributed by atoms with van der Waals surface area (Å²) in [4.78, 5) is 17.7. The van der Waals surface area contributed by atoms with Crippen LogP contribution in [0.4, 0.5) is 5.69 Å². The molecule has 1 aromatic heterocycles. The summed E-state index contributed by atoms with van der Waals surface area (Å²) >= 11 is 0. The molecule has 1 fully saturated rings. The molecule has 150 valence electrons. The fourth-order valence-electron chi connectivity index (χ4n) is 3.50. The van der Waals surface area contributed by atoms with Crippen molar-refractivity contribution in [2.45, 2.75) is 17.6 Å². The predicted molar refractivity (Wildman–Crippen MR) is 115 cm³/mol. The van der Waals surface area contributed by atoms with Crippen molar-refractivity contribution in [3.05, 3.63) is 83.8 Å². The van der Waals surface area contributed by atoms with Gasteiger partial charge in [-0.3, -0.25) is 9.00 Å². The number of aryl methyl sites for hydroxylation is 1. The third-order valence-electron chi connectivity index (χ3n) is 5.09. The molecule has 0 saturated carbocycles. The normalized spacial score (nSPS) is 15.3. The number of carbonyl (C=O) groups is 1. The lowest BCUT2D eigenvalue weighted by Gasteiger charge is -2.35. The molecule has 0 radical (unpaired) electrons. The number of hydrogen-bond donors (Lipinski definition) is 0. The van der Waals surface area contributed by atoms with Gasteiger partial charge < -0.3 is 14.2 Å². The van der Waals surface area contributed by atoms with Gasteiger partial charge in [-0.25, -0.2) is 0 Å². The maximum atomic E-state index is 12.8. The van der Waals surface area contributed by atoms with Crippen molar-refractivity contribution < 1.29 is 13.4 Å². The Bertz CT molecular complexity index is 1010. The van der Waals surface area contributed by atoms with Gasteiger partial charge in [-0.2, -0.15) is 0 Å². The average Bonchev–Trinajstić information content (AvgIpc) is 3.22. The van der Waals surface area contributed by atoms with Gasteiger partial charge in [0, 0.05) is 36.8 Å². The van der Waals surface area contributed by atoms with Gasteiger partial charge >= 0.3 is 0 Å². The highest BCUT2D eigenvalue weighted by Crippen LogP contribution is 2.19. The van der Waals surface area contributed by atoms with Crippen LogP contribution in [0.5, 0.6) is 0 Å². The Morgan fingerprint density at radius 2 is 1.72 bits per heavy atom. The van der Waals surface area contributed by atoms with Gasteiger partial charge in [-0.15, -0.1) is 0 Å². The summed E-state index contributed by atoms with van der Waals surface area (Å²) in [7, 11) is -1.20.